The minimum atomic E-state index is 0. The quantitative estimate of drug-likeness (QED) is 0.200. The molecule has 0 aliphatic heterocycles. The van der Waals surface area contributed by atoms with Crippen molar-refractivity contribution in [3.63, 3.8) is 0 Å². The number of aromatic nitrogens is 4. The van der Waals surface area contributed by atoms with Crippen molar-refractivity contribution in [2.75, 3.05) is 0 Å². The van der Waals surface area contributed by atoms with Crippen LogP contribution in [0.15, 0.2) is 134 Å². The van der Waals surface area contributed by atoms with Crippen molar-refractivity contribution >= 4 is 0 Å². The van der Waals surface area contributed by atoms with Gasteiger partial charge in [-0.3, -0.25) is 9.36 Å². The summed E-state index contributed by atoms with van der Waals surface area (Å²) in [5, 5.41) is 18.9. The normalized spacial score (nSPS) is 10.2. The van der Waals surface area contributed by atoms with Gasteiger partial charge in [-0.1, -0.05) is 78.9 Å². The van der Waals surface area contributed by atoms with Gasteiger partial charge in [-0.2, -0.15) is 34.5 Å². The van der Waals surface area contributed by atoms with Crippen molar-refractivity contribution < 1.29 is 26.2 Å². The van der Waals surface area contributed by atoms with Crippen LogP contribution in [0.5, 0.6) is 5.75 Å². The van der Waals surface area contributed by atoms with Gasteiger partial charge in [0.2, 0.25) is 0 Å². The second-order valence-corrected chi connectivity index (χ2v) is 8.54. The van der Waals surface area contributed by atoms with Crippen LogP contribution in [0.4, 0.5) is 0 Å². The molecule has 1 N–H and O–H groups in total. The molecule has 6 aromatic rings. The van der Waals surface area contributed by atoms with Crippen molar-refractivity contribution in [2.45, 2.75) is 13.1 Å². The zero-order valence-corrected chi connectivity index (χ0v) is 22.9. The van der Waals surface area contributed by atoms with Gasteiger partial charge in [0.05, 0.1) is 0 Å². The molecule has 0 amide bonds. The Labute approximate surface area is 237 Å². The first-order valence-electron chi connectivity index (χ1n) is 12.1. The number of rotatable bonds is 6. The predicted octanol–water partition coefficient (Wildman–Crippen LogP) is 6.70. The fourth-order valence-electron chi connectivity index (χ4n) is 4.14. The smallest absolute Gasteiger partial charge is 0.131 e. The third kappa shape index (κ3) is 6.96. The molecule has 0 bridgehead atoms. The monoisotopic (exact) mass is 678 g/mol. The molecule has 0 aliphatic rings. The second-order valence-electron chi connectivity index (χ2n) is 8.54. The van der Waals surface area contributed by atoms with Crippen LogP contribution in [0.2, 0.25) is 0 Å². The van der Waals surface area contributed by atoms with Crippen molar-refractivity contribution in [1.82, 2.24) is 19.6 Å². The minimum Gasteiger partial charge on any atom is -0.507 e. The van der Waals surface area contributed by atoms with E-state index in [-0.39, 0.29) is 21.1 Å². The molecule has 2 heterocycles. The van der Waals surface area contributed by atoms with E-state index in [2.05, 4.69) is 28.4 Å². The first kappa shape index (κ1) is 26.8. The largest absolute Gasteiger partial charge is 0.507 e. The summed E-state index contributed by atoms with van der Waals surface area (Å²) in [6.45, 7) is 1.50. The molecule has 38 heavy (non-hydrogen) atoms. The van der Waals surface area contributed by atoms with Crippen LogP contribution >= 0.6 is 0 Å². The molecular weight excluding hydrogens is 651 g/mol. The Morgan fingerprint density at radius 3 is 1.42 bits per heavy atom. The van der Waals surface area contributed by atoms with Gasteiger partial charge in [0.1, 0.15) is 5.75 Å². The summed E-state index contributed by atoms with van der Waals surface area (Å²) in [7, 11) is 0. The molecule has 6 rings (SSSR count). The number of nitrogens with zero attached hydrogens (tertiary/aromatic N) is 4. The molecule has 0 atom stereocenters. The zero-order chi connectivity index (χ0) is 25.3. The standard InChI is InChI=1S/C18H14O.C14H13N4.Pt/c19-18-16(14-8-3-1-4-9-14)12-7-13-17(18)15-10-5-2-6-11-15;1-4-13(11-17-8-2-6-15-17)10-14(5-1)12-18-9-3-7-16-18;/h1-13,19H;1-9H,11-12H2;/q;-1;. The van der Waals surface area contributed by atoms with E-state index in [1.807, 2.05) is 119 Å². The topological polar surface area (TPSA) is 55.9 Å². The third-order valence-corrected chi connectivity index (χ3v) is 5.90. The van der Waals surface area contributed by atoms with Crippen LogP contribution in [-0.2, 0) is 34.2 Å². The average molecular weight is 679 g/mol. The van der Waals surface area contributed by atoms with Gasteiger partial charge in [-0.15, -0.1) is 11.1 Å². The number of benzene rings is 4. The van der Waals surface area contributed by atoms with E-state index in [0.717, 1.165) is 46.5 Å². The Morgan fingerprint density at radius 2 is 1.00 bits per heavy atom. The molecule has 0 saturated heterocycles. The van der Waals surface area contributed by atoms with Crippen molar-refractivity contribution in [2.24, 2.45) is 0 Å². The van der Waals surface area contributed by atoms with Gasteiger partial charge < -0.3 is 5.11 Å². The first-order chi connectivity index (χ1) is 18.3. The summed E-state index contributed by atoms with van der Waals surface area (Å²) in [6.07, 6.45) is 7.48. The molecule has 0 spiro atoms. The molecule has 0 unspecified atom stereocenters. The maximum Gasteiger partial charge on any atom is 0.131 e. The van der Waals surface area contributed by atoms with Crippen molar-refractivity contribution in [1.29, 1.82) is 0 Å². The fourth-order valence-corrected chi connectivity index (χ4v) is 4.14. The van der Waals surface area contributed by atoms with E-state index in [0.29, 0.717) is 5.75 Å². The summed E-state index contributed by atoms with van der Waals surface area (Å²) in [5.41, 5.74) is 6.03. The Kier molecular flexibility index (Phi) is 9.44. The zero-order valence-electron chi connectivity index (χ0n) is 20.7. The summed E-state index contributed by atoms with van der Waals surface area (Å²) in [4.78, 5) is 0. The Morgan fingerprint density at radius 1 is 0.553 bits per heavy atom. The number of hydrogen-bond donors (Lipinski definition) is 1. The Balaban J connectivity index is 0.000000173. The fraction of sp³-hybridized carbons (Fsp3) is 0.0625. The third-order valence-electron chi connectivity index (χ3n) is 5.90. The molecule has 6 heteroatoms. The van der Waals surface area contributed by atoms with Crippen LogP contribution in [0.1, 0.15) is 11.1 Å². The van der Waals surface area contributed by atoms with Crippen LogP contribution in [0, 0.1) is 6.07 Å². The van der Waals surface area contributed by atoms with E-state index in [9.17, 15) is 5.11 Å². The van der Waals surface area contributed by atoms with E-state index >= 15 is 0 Å². The predicted molar refractivity (Wildman–Crippen MR) is 147 cm³/mol. The maximum atomic E-state index is 10.5. The van der Waals surface area contributed by atoms with Crippen LogP contribution in [0.25, 0.3) is 22.3 Å². The molecule has 4 aromatic carbocycles. The molecule has 2 aromatic heterocycles. The van der Waals surface area contributed by atoms with Gasteiger partial charge in [0.15, 0.2) is 0 Å². The number of aromatic hydroxyl groups is 1. The number of phenolic OH excluding ortho intramolecular Hbond substituents is 1. The van der Waals surface area contributed by atoms with Crippen molar-refractivity contribution in [3.8, 4) is 28.0 Å². The van der Waals surface area contributed by atoms with Crippen LogP contribution < -0.4 is 0 Å². The van der Waals surface area contributed by atoms with Gasteiger partial charge in [-0.25, -0.2) is 0 Å². The minimum absolute atomic E-state index is 0. The number of phenols is 1. The van der Waals surface area contributed by atoms with Gasteiger partial charge in [-0.05, 0) is 23.3 Å². The molecule has 0 fully saturated rings. The van der Waals surface area contributed by atoms with E-state index in [1.54, 1.807) is 12.4 Å². The maximum absolute atomic E-state index is 10.5. The average Bonchev–Trinajstić information content (AvgIpc) is 3.65. The van der Waals surface area contributed by atoms with E-state index in [1.165, 1.54) is 0 Å². The number of hydrogen-bond acceptors (Lipinski definition) is 3. The summed E-state index contributed by atoms with van der Waals surface area (Å²) >= 11 is 0. The summed E-state index contributed by atoms with van der Waals surface area (Å²) < 4.78 is 3.78. The van der Waals surface area contributed by atoms with Crippen LogP contribution in [0.3, 0.4) is 0 Å². The Hall–Kier alpha value is -4.21. The van der Waals surface area contributed by atoms with Gasteiger partial charge >= 0.3 is 0 Å². The first-order valence-corrected chi connectivity index (χ1v) is 12.1. The summed E-state index contributed by atoms with van der Waals surface area (Å²) in [6, 6.07) is 39.2. The summed E-state index contributed by atoms with van der Waals surface area (Å²) in [5.74, 6) is 0.333. The van der Waals surface area contributed by atoms with Gasteiger partial charge in [0.25, 0.3) is 0 Å². The van der Waals surface area contributed by atoms with Crippen molar-refractivity contribution in [3.05, 3.63) is 151 Å². The second kappa shape index (κ2) is 13.4. The van der Waals surface area contributed by atoms with Gasteiger partial charge in [0, 0.05) is 70.1 Å². The van der Waals surface area contributed by atoms with Crippen LogP contribution in [-0.4, -0.2) is 24.7 Å². The molecule has 192 valence electrons. The van der Waals surface area contributed by atoms with E-state index < -0.39 is 0 Å². The van der Waals surface area contributed by atoms with E-state index in [4.69, 9.17) is 0 Å². The molecule has 0 saturated carbocycles. The SMILES string of the molecule is Oc1c(-c2ccccc2)cccc1-c1ccccc1.[Pt].[c-]1c(Cn2cccn2)cccc1Cn1cccn1. The Bertz CT molecular complexity index is 1410. The molecule has 5 nitrogen and oxygen atoms in total. The molecule has 0 aliphatic carbocycles. The molecular formula is C32H27N4OPt-. The number of para-hydroxylation sites is 1. The molecule has 0 radical (unpaired) electrons.